The van der Waals surface area contributed by atoms with Crippen LogP contribution in [0.1, 0.15) is 39.5 Å². The van der Waals surface area contributed by atoms with E-state index in [2.05, 4.69) is 30.1 Å². The zero-order valence-electron chi connectivity index (χ0n) is 12.8. The number of hydrogen-bond acceptors (Lipinski definition) is 2. The van der Waals surface area contributed by atoms with Crippen molar-refractivity contribution >= 4 is 17.3 Å². The van der Waals surface area contributed by atoms with Gasteiger partial charge in [-0.2, -0.15) is 0 Å². The van der Waals surface area contributed by atoms with Gasteiger partial charge in [-0.25, -0.2) is 0 Å². The molecule has 1 aliphatic heterocycles. The van der Waals surface area contributed by atoms with E-state index in [1.54, 1.807) is 0 Å². The first-order valence-electron chi connectivity index (χ1n) is 7.89. The maximum absolute atomic E-state index is 5.99. The van der Waals surface area contributed by atoms with Gasteiger partial charge in [0, 0.05) is 23.8 Å². The second kappa shape index (κ2) is 7.33. The zero-order valence-corrected chi connectivity index (χ0v) is 13.5. The summed E-state index contributed by atoms with van der Waals surface area (Å²) in [5.74, 6) is 0. The number of likely N-dealkylation sites (tertiary alicyclic amines) is 1. The molecule has 1 heterocycles. The minimum Gasteiger partial charge on any atom is -0.384 e. The molecule has 0 spiro atoms. The Morgan fingerprint density at radius 3 is 2.50 bits per heavy atom. The minimum atomic E-state index is 0.622. The summed E-state index contributed by atoms with van der Waals surface area (Å²) in [5.41, 5.74) is 1.74. The first-order chi connectivity index (χ1) is 9.67. The minimum absolute atomic E-state index is 0.622. The van der Waals surface area contributed by atoms with Crippen LogP contribution in [0.25, 0.3) is 0 Å². The molecule has 0 amide bonds. The van der Waals surface area contributed by atoms with Crippen molar-refractivity contribution in [1.82, 2.24) is 4.90 Å². The average Bonchev–Trinajstić information content (AvgIpc) is 2.48. The third kappa shape index (κ3) is 4.13. The van der Waals surface area contributed by atoms with Gasteiger partial charge >= 0.3 is 0 Å². The topological polar surface area (TPSA) is 15.3 Å². The molecular weight excluding hydrogens is 268 g/mol. The molecule has 0 aromatic heterocycles. The average molecular weight is 295 g/mol. The highest BCUT2D eigenvalue weighted by atomic mass is 35.5. The van der Waals surface area contributed by atoms with Gasteiger partial charge in [0.05, 0.1) is 0 Å². The van der Waals surface area contributed by atoms with Crippen LogP contribution >= 0.6 is 11.6 Å². The van der Waals surface area contributed by atoms with E-state index in [-0.39, 0.29) is 0 Å². The van der Waals surface area contributed by atoms with E-state index in [1.165, 1.54) is 38.8 Å². The summed E-state index contributed by atoms with van der Waals surface area (Å²) in [5, 5.41) is 4.25. The predicted octanol–water partition coefficient (Wildman–Crippen LogP) is 4.65. The Kier molecular flexibility index (Phi) is 5.74. The Balaban J connectivity index is 1.71. The SMILES string of the molecule is CCC1(CC)CCN(CCNc2cccc(Cl)c2)CC1. The quantitative estimate of drug-likeness (QED) is 0.821. The Morgan fingerprint density at radius 2 is 1.90 bits per heavy atom. The molecule has 0 aliphatic carbocycles. The van der Waals surface area contributed by atoms with Crippen molar-refractivity contribution in [2.75, 3.05) is 31.5 Å². The lowest BCUT2D eigenvalue weighted by Gasteiger charge is -2.41. The van der Waals surface area contributed by atoms with E-state index < -0.39 is 0 Å². The molecule has 1 saturated heterocycles. The highest BCUT2D eigenvalue weighted by Gasteiger charge is 2.30. The van der Waals surface area contributed by atoms with Crippen molar-refractivity contribution in [3.05, 3.63) is 29.3 Å². The Hall–Kier alpha value is -0.730. The van der Waals surface area contributed by atoms with Gasteiger partial charge in [0.25, 0.3) is 0 Å². The molecule has 1 fully saturated rings. The van der Waals surface area contributed by atoms with Crippen LogP contribution in [0.5, 0.6) is 0 Å². The summed E-state index contributed by atoms with van der Waals surface area (Å²) in [6, 6.07) is 7.95. The monoisotopic (exact) mass is 294 g/mol. The van der Waals surface area contributed by atoms with Crippen molar-refractivity contribution in [2.24, 2.45) is 5.41 Å². The highest BCUT2D eigenvalue weighted by molar-refractivity contribution is 6.30. The van der Waals surface area contributed by atoms with E-state index in [0.717, 1.165) is 23.8 Å². The van der Waals surface area contributed by atoms with Crippen LogP contribution in [-0.2, 0) is 0 Å². The van der Waals surface area contributed by atoms with Crippen molar-refractivity contribution in [3.8, 4) is 0 Å². The third-order valence-electron chi connectivity index (χ3n) is 5.00. The molecule has 0 saturated carbocycles. The third-order valence-corrected chi connectivity index (χ3v) is 5.23. The molecular formula is C17H27ClN2. The molecule has 0 atom stereocenters. The summed E-state index contributed by atoms with van der Waals surface area (Å²) < 4.78 is 0. The van der Waals surface area contributed by atoms with Gasteiger partial charge in [0.1, 0.15) is 0 Å². The fourth-order valence-corrected chi connectivity index (χ4v) is 3.36. The van der Waals surface area contributed by atoms with Crippen LogP contribution in [0.4, 0.5) is 5.69 Å². The van der Waals surface area contributed by atoms with Crippen LogP contribution in [0.15, 0.2) is 24.3 Å². The van der Waals surface area contributed by atoms with Crippen molar-refractivity contribution < 1.29 is 0 Å². The van der Waals surface area contributed by atoms with E-state index in [4.69, 9.17) is 11.6 Å². The summed E-state index contributed by atoms with van der Waals surface area (Å²) in [6.07, 6.45) is 5.38. The lowest BCUT2D eigenvalue weighted by atomic mass is 9.74. The molecule has 0 radical (unpaired) electrons. The fourth-order valence-electron chi connectivity index (χ4n) is 3.16. The second-order valence-corrected chi connectivity index (χ2v) is 6.42. The molecule has 0 unspecified atom stereocenters. The Bertz CT molecular complexity index is 405. The Morgan fingerprint density at radius 1 is 1.20 bits per heavy atom. The first-order valence-corrected chi connectivity index (χ1v) is 8.27. The zero-order chi connectivity index (χ0) is 14.4. The van der Waals surface area contributed by atoms with Gasteiger partial charge in [-0.1, -0.05) is 44.4 Å². The van der Waals surface area contributed by atoms with Crippen molar-refractivity contribution in [3.63, 3.8) is 0 Å². The summed E-state index contributed by atoms with van der Waals surface area (Å²) in [6.45, 7) is 9.30. The number of rotatable bonds is 6. The number of hydrogen-bond donors (Lipinski definition) is 1. The lowest BCUT2D eigenvalue weighted by Crippen LogP contribution is -2.41. The Labute approximate surface area is 128 Å². The van der Waals surface area contributed by atoms with Crippen molar-refractivity contribution in [1.29, 1.82) is 0 Å². The number of benzene rings is 1. The molecule has 0 bridgehead atoms. The van der Waals surface area contributed by atoms with E-state index in [0.29, 0.717) is 5.41 Å². The maximum Gasteiger partial charge on any atom is 0.0426 e. The number of piperidine rings is 1. The van der Waals surface area contributed by atoms with E-state index >= 15 is 0 Å². The van der Waals surface area contributed by atoms with E-state index in [9.17, 15) is 0 Å². The van der Waals surface area contributed by atoms with Gasteiger partial charge < -0.3 is 10.2 Å². The second-order valence-electron chi connectivity index (χ2n) is 5.99. The smallest absolute Gasteiger partial charge is 0.0426 e. The van der Waals surface area contributed by atoms with Crippen LogP contribution in [-0.4, -0.2) is 31.1 Å². The standard InChI is InChI=1S/C17H27ClN2/c1-3-17(4-2)8-11-20(12-9-17)13-10-19-16-7-5-6-15(18)14-16/h5-7,14,19H,3-4,8-13H2,1-2H3. The van der Waals surface area contributed by atoms with Gasteiger partial charge in [-0.3, -0.25) is 0 Å². The van der Waals surface area contributed by atoms with Crippen LogP contribution in [0.2, 0.25) is 5.02 Å². The number of anilines is 1. The summed E-state index contributed by atoms with van der Waals surface area (Å²) in [4.78, 5) is 2.58. The molecule has 20 heavy (non-hydrogen) atoms. The lowest BCUT2D eigenvalue weighted by molar-refractivity contribution is 0.0983. The van der Waals surface area contributed by atoms with Gasteiger partial charge in [0.15, 0.2) is 0 Å². The maximum atomic E-state index is 5.99. The number of halogens is 1. The first kappa shape index (κ1) is 15.7. The molecule has 1 aliphatic rings. The van der Waals surface area contributed by atoms with Gasteiger partial charge in [0.2, 0.25) is 0 Å². The van der Waals surface area contributed by atoms with Crippen molar-refractivity contribution in [2.45, 2.75) is 39.5 Å². The highest BCUT2D eigenvalue weighted by Crippen LogP contribution is 2.37. The van der Waals surface area contributed by atoms with Crippen LogP contribution in [0, 0.1) is 5.41 Å². The van der Waals surface area contributed by atoms with Crippen LogP contribution < -0.4 is 5.32 Å². The molecule has 3 heteroatoms. The predicted molar refractivity (Wildman–Crippen MR) is 88.6 cm³/mol. The molecule has 112 valence electrons. The number of nitrogens with zero attached hydrogens (tertiary/aromatic N) is 1. The molecule has 2 rings (SSSR count). The van der Waals surface area contributed by atoms with Gasteiger partial charge in [-0.15, -0.1) is 0 Å². The van der Waals surface area contributed by atoms with Gasteiger partial charge in [-0.05, 0) is 49.5 Å². The summed E-state index contributed by atoms with van der Waals surface area (Å²) in [7, 11) is 0. The summed E-state index contributed by atoms with van der Waals surface area (Å²) >= 11 is 5.99. The fraction of sp³-hybridized carbons (Fsp3) is 0.647. The molecule has 2 nitrogen and oxygen atoms in total. The van der Waals surface area contributed by atoms with Crippen LogP contribution in [0.3, 0.4) is 0 Å². The molecule has 1 N–H and O–H groups in total. The molecule has 1 aromatic rings. The number of nitrogens with one attached hydrogen (secondary N) is 1. The normalized spacial score (nSPS) is 18.9. The molecule has 1 aromatic carbocycles. The van der Waals surface area contributed by atoms with E-state index in [1.807, 2.05) is 18.2 Å². The largest absolute Gasteiger partial charge is 0.384 e.